The van der Waals surface area contributed by atoms with Crippen LogP contribution in [-0.4, -0.2) is 180 Å². The minimum Gasteiger partial charge on any atom is -0.481 e. The van der Waals surface area contributed by atoms with Crippen molar-refractivity contribution in [1.82, 2.24) is 20.4 Å². The molecule has 0 spiro atoms. The molecule has 0 heterocycles. The molecule has 1 unspecified atom stereocenters. The molecular weight excluding hydrogens is 1280 g/mol. The van der Waals surface area contributed by atoms with Crippen molar-refractivity contribution in [3.63, 3.8) is 0 Å². The van der Waals surface area contributed by atoms with E-state index >= 15 is 0 Å². The van der Waals surface area contributed by atoms with Crippen LogP contribution < -0.4 is 42.2 Å². The lowest BCUT2D eigenvalue weighted by molar-refractivity contribution is -0.142. The van der Waals surface area contributed by atoms with Crippen LogP contribution in [0.1, 0.15) is 76.5 Å². The van der Waals surface area contributed by atoms with Crippen molar-refractivity contribution in [2.45, 2.75) is 51.2 Å². The summed E-state index contributed by atoms with van der Waals surface area (Å²) in [6.45, 7) is -1.30. The van der Waals surface area contributed by atoms with Crippen LogP contribution in [0, 0.1) is 10.8 Å². The number of nitrogens with zero attached hydrogens (tertiary/aromatic N) is 2. The number of guanidine groups is 2. The number of benzene rings is 6. The molecule has 6 aromatic carbocycles. The van der Waals surface area contributed by atoms with Gasteiger partial charge in [-0.1, -0.05) is 48.5 Å². The van der Waals surface area contributed by atoms with E-state index in [4.69, 9.17) is 60.2 Å². The van der Waals surface area contributed by atoms with E-state index in [-0.39, 0.29) is 136 Å². The second-order valence-corrected chi connectivity index (χ2v) is 20.9. The number of esters is 2. The number of nitrogens with two attached hydrogens (primary N) is 2. The Labute approximate surface area is 559 Å². The third kappa shape index (κ3) is 26.1. The zero-order valence-corrected chi connectivity index (χ0v) is 52.5. The molecule has 0 fully saturated rings. The van der Waals surface area contributed by atoms with Gasteiger partial charge in [-0.2, -0.15) is 0 Å². The number of anilines is 2. The number of nitrogens with one attached hydrogen (secondary N) is 6. The Bertz CT molecular complexity index is 3500. The van der Waals surface area contributed by atoms with Crippen LogP contribution in [0.3, 0.4) is 0 Å². The van der Waals surface area contributed by atoms with E-state index in [1.54, 1.807) is 0 Å². The van der Waals surface area contributed by atoms with Gasteiger partial charge in [-0.05, 0) is 119 Å². The van der Waals surface area contributed by atoms with Gasteiger partial charge >= 0.3 is 48.0 Å². The first-order valence-corrected chi connectivity index (χ1v) is 29.9. The summed E-state index contributed by atoms with van der Waals surface area (Å²) >= 11 is 0. The number of aliphatic carboxylic acids is 2. The summed E-state index contributed by atoms with van der Waals surface area (Å²) in [6, 6.07) is 31.6. The van der Waals surface area contributed by atoms with E-state index in [1.165, 1.54) is 146 Å². The molecule has 32 heteroatoms. The second kappa shape index (κ2) is 39.0. The minimum absolute atomic E-state index is 0.0544. The predicted octanol–water partition coefficient (Wildman–Crippen LogP) is 5.10. The van der Waals surface area contributed by atoms with Crippen molar-refractivity contribution in [2.75, 3.05) is 76.6 Å². The molecule has 0 radical (unpaired) electrons. The number of carbonyl (C=O) groups excluding carboxylic acids is 6. The van der Waals surface area contributed by atoms with Gasteiger partial charge in [0.2, 0.25) is 11.8 Å². The summed E-state index contributed by atoms with van der Waals surface area (Å²) in [4.78, 5) is 130. The third-order valence-corrected chi connectivity index (χ3v) is 13.6. The Hall–Kier alpha value is -12.0. The Balaban J connectivity index is 0.898. The number of carbonyl (C=O) groups is 10. The molecule has 0 aliphatic carbocycles. The lowest BCUT2D eigenvalue weighted by Gasteiger charge is -2.29. The lowest BCUT2D eigenvalue weighted by Crippen LogP contribution is -2.51. The number of carboxylic acid groups (broad SMARTS) is 4. The van der Waals surface area contributed by atoms with Gasteiger partial charge in [0.1, 0.15) is 36.8 Å². The molecular formula is C66H72N10O22. The number of aromatic carboxylic acids is 2. The average Bonchev–Trinajstić information content (AvgIpc) is 0.848. The fourth-order valence-electron chi connectivity index (χ4n) is 8.90. The lowest BCUT2D eigenvalue weighted by atomic mass is 10.1. The number of hydrogen-bond acceptors (Lipinski definition) is 20. The van der Waals surface area contributed by atoms with E-state index < -0.39 is 97.8 Å². The highest BCUT2D eigenvalue weighted by Crippen LogP contribution is 2.22. The Kier molecular flexibility index (Phi) is 29.9. The highest BCUT2D eigenvalue weighted by atomic mass is 16.6. The molecule has 0 aromatic heterocycles. The van der Waals surface area contributed by atoms with Crippen LogP contribution in [0.2, 0.25) is 0 Å². The molecule has 4 amide bonds. The number of rotatable bonds is 39. The van der Waals surface area contributed by atoms with E-state index in [1.807, 2.05) is 0 Å². The molecule has 0 bridgehead atoms. The number of amides is 4. The topological polar surface area (TPSA) is 480 Å². The molecule has 518 valence electrons. The van der Waals surface area contributed by atoms with Gasteiger partial charge in [0.25, 0.3) is 0 Å². The van der Waals surface area contributed by atoms with Crippen LogP contribution in [-0.2, 0) is 73.9 Å². The molecule has 0 saturated heterocycles. The average molecular weight is 1360 g/mol. The van der Waals surface area contributed by atoms with Crippen molar-refractivity contribution in [3.8, 4) is 11.5 Å². The molecule has 6 aromatic rings. The van der Waals surface area contributed by atoms with Crippen LogP contribution in [0.15, 0.2) is 146 Å². The normalized spacial score (nSPS) is 11.3. The zero-order chi connectivity index (χ0) is 70.9. The quantitative estimate of drug-likeness (QED) is 0.00785. The molecule has 6 rings (SSSR count). The molecule has 0 saturated carbocycles. The van der Waals surface area contributed by atoms with E-state index in [2.05, 4.69) is 21.3 Å². The van der Waals surface area contributed by atoms with Crippen LogP contribution in [0.5, 0.6) is 11.5 Å². The molecule has 98 heavy (non-hydrogen) atoms. The first-order chi connectivity index (χ1) is 47.0. The Morgan fingerprint density at radius 2 is 0.755 bits per heavy atom. The van der Waals surface area contributed by atoms with Gasteiger partial charge in [-0.15, -0.1) is 0 Å². The second-order valence-electron chi connectivity index (χ2n) is 20.9. The van der Waals surface area contributed by atoms with Gasteiger partial charge in [-0.3, -0.25) is 39.8 Å². The number of carboxylic acids is 4. The molecule has 32 nitrogen and oxygen atoms in total. The molecule has 0 aliphatic rings. The maximum Gasteiger partial charge on any atom is 0.411 e. The summed E-state index contributed by atoms with van der Waals surface area (Å²) in [5.41, 5.74) is 13.1. The Morgan fingerprint density at radius 1 is 0.418 bits per heavy atom. The van der Waals surface area contributed by atoms with Crippen molar-refractivity contribution < 1.29 is 106 Å². The zero-order valence-electron chi connectivity index (χ0n) is 52.5. The third-order valence-electron chi connectivity index (χ3n) is 13.6. The summed E-state index contributed by atoms with van der Waals surface area (Å²) in [7, 11) is 0. The number of ether oxygens (including phenoxy) is 8. The van der Waals surface area contributed by atoms with E-state index in [0.29, 0.717) is 22.5 Å². The minimum atomic E-state index is -1.65. The molecule has 14 N–H and O–H groups in total. The van der Waals surface area contributed by atoms with Gasteiger partial charge in [-0.25, -0.2) is 28.8 Å². The van der Waals surface area contributed by atoms with E-state index in [9.17, 15) is 68.4 Å². The highest BCUT2D eigenvalue weighted by molar-refractivity contribution is 5.95. The van der Waals surface area contributed by atoms with Crippen LogP contribution >= 0.6 is 0 Å². The first kappa shape index (κ1) is 75.0. The maximum absolute atomic E-state index is 13.8. The predicted molar refractivity (Wildman–Crippen MR) is 346 cm³/mol. The Morgan fingerprint density at radius 3 is 1.07 bits per heavy atom. The van der Waals surface area contributed by atoms with Gasteiger partial charge in [0.15, 0.2) is 11.9 Å². The van der Waals surface area contributed by atoms with Gasteiger partial charge in [0.05, 0.1) is 88.0 Å². The van der Waals surface area contributed by atoms with Gasteiger partial charge in [0, 0.05) is 37.6 Å². The smallest absolute Gasteiger partial charge is 0.411 e. The summed E-state index contributed by atoms with van der Waals surface area (Å²) in [6.07, 6.45) is -3.93. The van der Waals surface area contributed by atoms with Crippen LogP contribution in [0.4, 0.5) is 21.0 Å². The van der Waals surface area contributed by atoms with Crippen molar-refractivity contribution >= 4 is 83.1 Å². The summed E-state index contributed by atoms with van der Waals surface area (Å²) < 4.78 is 44.1. The summed E-state index contributed by atoms with van der Waals surface area (Å²) in [5, 5.41) is 63.9. The monoisotopic (exact) mass is 1360 g/mol. The van der Waals surface area contributed by atoms with Crippen molar-refractivity contribution in [2.24, 2.45) is 11.5 Å². The maximum atomic E-state index is 13.8. The van der Waals surface area contributed by atoms with Crippen molar-refractivity contribution in [1.29, 1.82) is 10.8 Å². The SMILES string of the molecule is N=C(N)Nc1ccc(C(=O)Oc2ccc(COC(=O)N(Cc3cccc(C(=O)O)c3)C(CC(=O)O)C(=O)NCCOCCOCCOCCOCCNC(=O)[C@H](CC(=O)O)N(Cc3cccc(C(=O)O)c3)C(=O)OCc3ccc(OC(=O)c4ccc(NC(=N)N)cc4)cc3)cc2)cc1. The highest BCUT2D eigenvalue weighted by Gasteiger charge is 2.35. The number of hydrogen-bond donors (Lipinski definition) is 12. The van der Waals surface area contributed by atoms with Gasteiger partial charge < -0.3 is 91.1 Å². The standard InChI is InChI=1S/C66H72N10O22/c67-63(68)73-49-15-11-45(12-16-49)61(87)97-51-19-7-41(8-20-51)39-95-65(89)75(37-43-3-1-5-47(33-43)59(83)84)53(35-55(77)78)57(81)71-23-25-91-27-29-93-31-32-94-30-28-92-26-24-72-58(82)54(36-56(79)80)76(38-44-4-2-6-48(34-44)60(85)86)66(90)96-40-42-9-21-52(22-10-42)98-62(88)46-13-17-50(18-14-46)74-64(69)70/h1-22,33-34,53-54H,23-32,35-40H2,(H,71,81)(H,72,82)(H,77,78)(H,79,80)(H,83,84)(H,85,86)(H4,67,68,73)(H4,69,70,74)/t53-,54?/m0/s1. The first-order valence-electron chi connectivity index (χ1n) is 29.9. The van der Waals surface area contributed by atoms with Crippen LogP contribution in [0.25, 0.3) is 0 Å². The molecule has 0 aliphatic heterocycles. The molecule has 2 atom stereocenters. The van der Waals surface area contributed by atoms with Crippen molar-refractivity contribution in [3.05, 3.63) is 190 Å². The fourth-order valence-corrected chi connectivity index (χ4v) is 8.90. The summed E-state index contributed by atoms with van der Waals surface area (Å²) in [5.74, 6) is -8.77. The largest absolute Gasteiger partial charge is 0.481 e. The van der Waals surface area contributed by atoms with E-state index in [0.717, 1.165) is 9.80 Å². The fraction of sp³-hybridized carbons (Fsp3) is 0.273.